The quantitative estimate of drug-likeness (QED) is 0.0761. The van der Waals surface area contributed by atoms with E-state index in [0.717, 1.165) is 163 Å². The molecule has 0 bridgehead atoms. The monoisotopic (exact) mass is 1320 g/mol. The zero-order valence-electron chi connectivity index (χ0n) is 47.5. The van der Waals surface area contributed by atoms with Gasteiger partial charge in [0.05, 0.1) is 46.8 Å². The van der Waals surface area contributed by atoms with Crippen molar-refractivity contribution in [2.45, 2.75) is 104 Å². The molecule has 7 aliphatic rings. The van der Waals surface area contributed by atoms with Crippen LogP contribution in [-0.4, -0.2) is 214 Å². The molecule has 468 valence electrons. The average molecular weight is 1320 g/mol. The summed E-state index contributed by atoms with van der Waals surface area (Å²) in [5.74, 6) is -0.797. The summed E-state index contributed by atoms with van der Waals surface area (Å²) in [5, 5.41) is 15.6. The number of rotatable bonds is 23. The third-order valence-electron chi connectivity index (χ3n) is 11.7. The highest BCUT2D eigenvalue weighted by molar-refractivity contribution is 8.16. The molecular formula is C53H71N7O18S7. The summed E-state index contributed by atoms with van der Waals surface area (Å²) < 4.78 is 0. The van der Waals surface area contributed by atoms with Crippen LogP contribution in [-0.2, 0) is 49.7 Å². The zero-order chi connectivity index (χ0) is 63.4. The van der Waals surface area contributed by atoms with E-state index < -0.39 is 29.6 Å². The van der Waals surface area contributed by atoms with E-state index in [0.29, 0.717) is 62.3 Å². The molecule has 1 aromatic rings. The first-order valence-corrected chi connectivity index (χ1v) is 33.8. The number of aliphatic carboxylic acids is 2. The molecule has 7 fully saturated rings. The largest absolute Gasteiger partial charge is 0.481 e. The van der Waals surface area contributed by atoms with Crippen LogP contribution in [0.3, 0.4) is 0 Å². The van der Waals surface area contributed by atoms with E-state index in [-0.39, 0.29) is 90.6 Å². The predicted octanol–water partition coefficient (Wildman–Crippen LogP) is 9.07. The van der Waals surface area contributed by atoms with Gasteiger partial charge in [-0.1, -0.05) is 178 Å². The van der Waals surface area contributed by atoms with Gasteiger partial charge in [0.2, 0.25) is 41.4 Å². The van der Waals surface area contributed by atoms with Gasteiger partial charge < -0.3 is 10.2 Å². The van der Waals surface area contributed by atoms with E-state index in [4.69, 9.17) is 10.2 Å². The molecule has 1 aromatic carbocycles. The van der Waals surface area contributed by atoms with E-state index in [1.807, 2.05) is 44.2 Å². The Morgan fingerprint density at radius 2 is 0.753 bits per heavy atom. The number of carboxylic acids is 2. The Bertz CT molecular complexity index is 2470. The number of amides is 14. The van der Waals surface area contributed by atoms with Gasteiger partial charge in [-0.05, 0) is 38.2 Å². The Hall–Kier alpha value is -5.67. The van der Waals surface area contributed by atoms with Crippen LogP contribution in [0.5, 0.6) is 0 Å². The van der Waals surface area contributed by atoms with E-state index in [1.165, 1.54) is 29.4 Å². The van der Waals surface area contributed by atoms with Crippen LogP contribution < -0.4 is 0 Å². The van der Waals surface area contributed by atoms with E-state index in [2.05, 4.69) is 6.58 Å². The highest BCUT2D eigenvalue weighted by Crippen LogP contribution is 2.24. The van der Waals surface area contributed by atoms with Crippen molar-refractivity contribution >= 4 is 172 Å². The van der Waals surface area contributed by atoms with Gasteiger partial charge in [0, 0.05) is 39.1 Å². The lowest BCUT2D eigenvalue weighted by Crippen LogP contribution is -2.33. The van der Waals surface area contributed by atoms with Crippen LogP contribution in [0.25, 0.3) is 0 Å². The standard InChI is InChI=1S/C14H23NO4S.C10H9NO2S.C7H11NO2S.C6H9NO2S.C6H7NO2S.C5H5NO4S.C5H7NO2S/c16-12-11-20-14(19)15(12)10-8-6-4-2-1-3-5-7-9-13(17)18;12-9-7-14-10(13)11(9)6-8-4-2-1-3-5-8;1-2-3-4-8-6(9)5-11-7(8)10;2*1-2-3-7-5(8)4-10-6(7)9;7-3-2-11-5(10)6(3)1-4(8)9;1-2-6-4(7)3-9-5(6)8/h1-11H2,(H,17,18);1-5H,6-7H2;2-5H2,1H3;2-4H2,1H3;2H,1,3-4H2;1-2H2,(H,8,9);2-3H2,1H3. The molecule has 0 aliphatic carbocycles. The molecule has 0 radical (unpaired) electrons. The molecule has 8 rings (SSSR count). The lowest BCUT2D eigenvalue weighted by molar-refractivity contribution is -0.141. The number of hydrogen-bond acceptors (Lipinski definition) is 23. The van der Waals surface area contributed by atoms with E-state index in [1.54, 1.807) is 13.0 Å². The van der Waals surface area contributed by atoms with Crippen molar-refractivity contribution in [1.29, 1.82) is 0 Å². The summed E-state index contributed by atoms with van der Waals surface area (Å²) in [7, 11) is 0. The zero-order valence-corrected chi connectivity index (χ0v) is 53.2. The van der Waals surface area contributed by atoms with E-state index >= 15 is 0 Å². The Balaban J connectivity index is 0.000000344. The van der Waals surface area contributed by atoms with Gasteiger partial charge in [0.15, 0.2) is 0 Å². The fraction of sp³-hybridized carbons (Fsp3) is 0.547. The molecular weight excluding hydrogens is 1250 g/mol. The normalized spacial score (nSPS) is 17.3. The molecule has 0 spiro atoms. The van der Waals surface area contributed by atoms with Crippen molar-refractivity contribution in [2.24, 2.45) is 0 Å². The molecule has 7 heterocycles. The molecule has 0 aromatic heterocycles. The van der Waals surface area contributed by atoms with Crippen LogP contribution in [0.4, 0.5) is 33.6 Å². The van der Waals surface area contributed by atoms with Crippen LogP contribution in [0.2, 0.25) is 0 Å². The van der Waals surface area contributed by atoms with Crippen LogP contribution in [0.1, 0.15) is 103 Å². The summed E-state index contributed by atoms with van der Waals surface area (Å²) in [6.07, 6.45) is 12.8. The summed E-state index contributed by atoms with van der Waals surface area (Å²) in [6.45, 7) is 11.7. The van der Waals surface area contributed by atoms with Gasteiger partial charge in [-0.15, -0.1) is 6.58 Å². The summed E-state index contributed by atoms with van der Waals surface area (Å²) in [4.78, 5) is 182. The van der Waals surface area contributed by atoms with Gasteiger partial charge in [-0.2, -0.15) is 0 Å². The van der Waals surface area contributed by atoms with Crippen LogP contribution in [0, 0.1) is 0 Å². The Morgan fingerprint density at radius 1 is 0.412 bits per heavy atom. The van der Waals surface area contributed by atoms with Gasteiger partial charge in [0.1, 0.15) is 6.54 Å². The SMILES string of the molecule is C=CCN1C(=O)CSC1=O.CCCCN1C(=O)CSC1=O.CCCN1C(=O)CSC1=O.CCN1C(=O)CSC1=O.O=C(O)CCCCCCCCCCN1C(=O)CSC1=O.O=C(O)CN1C(=O)CSC1=O.O=C1CSC(=O)N1Cc1ccccc1. The Kier molecular flexibility index (Phi) is 37.5. The number of thioether (sulfide) groups is 7. The van der Waals surface area contributed by atoms with Crippen molar-refractivity contribution in [3.8, 4) is 0 Å². The number of carboxylic acid groups (broad SMARTS) is 2. The van der Waals surface area contributed by atoms with Crippen LogP contribution in [0.15, 0.2) is 43.0 Å². The van der Waals surface area contributed by atoms with Gasteiger partial charge in [-0.25, -0.2) is 0 Å². The van der Waals surface area contributed by atoms with Gasteiger partial charge in [0.25, 0.3) is 36.7 Å². The molecule has 32 heteroatoms. The number of carbonyl (C=O) groups is 16. The number of benzene rings is 1. The van der Waals surface area contributed by atoms with Crippen molar-refractivity contribution in [3.05, 3.63) is 48.6 Å². The molecule has 0 unspecified atom stereocenters. The topological polar surface area (TPSA) is 336 Å². The minimum Gasteiger partial charge on any atom is -0.481 e. The van der Waals surface area contributed by atoms with Crippen molar-refractivity contribution in [1.82, 2.24) is 34.3 Å². The van der Waals surface area contributed by atoms with E-state index in [9.17, 15) is 76.7 Å². The van der Waals surface area contributed by atoms with Gasteiger partial charge in [-0.3, -0.25) is 111 Å². The second kappa shape index (κ2) is 42.2. The maximum absolute atomic E-state index is 11.3. The van der Waals surface area contributed by atoms with Crippen molar-refractivity contribution in [3.63, 3.8) is 0 Å². The molecule has 0 atom stereocenters. The maximum atomic E-state index is 11.3. The number of unbranched alkanes of at least 4 members (excludes halogenated alkanes) is 8. The predicted molar refractivity (Wildman–Crippen MR) is 330 cm³/mol. The molecule has 2 N–H and O–H groups in total. The molecule has 14 amide bonds. The second-order valence-corrected chi connectivity index (χ2v) is 24.6. The molecule has 0 saturated carbocycles. The van der Waals surface area contributed by atoms with Crippen molar-refractivity contribution < 1.29 is 86.9 Å². The fourth-order valence-corrected chi connectivity index (χ4v) is 12.5. The molecule has 7 saturated heterocycles. The molecule has 85 heavy (non-hydrogen) atoms. The lowest BCUT2D eigenvalue weighted by Gasteiger charge is -2.11. The van der Waals surface area contributed by atoms with Crippen LogP contribution >= 0.6 is 82.3 Å². The number of imide groups is 7. The lowest BCUT2D eigenvalue weighted by atomic mass is 10.1. The fourth-order valence-electron chi connectivity index (χ4n) is 7.28. The highest BCUT2D eigenvalue weighted by Gasteiger charge is 2.34. The maximum Gasteiger partial charge on any atom is 0.323 e. The third kappa shape index (κ3) is 28.6. The van der Waals surface area contributed by atoms with Crippen molar-refractivity contribution in [2.75, 3.05) is 79.5 Å². The first kappa shape index (κ1) is 75.4. The summed E-state index contributed by atoms with van der Waals surface area (Å²) in [6, 6.07) is 9.51. The minimum atomic E-state index is -1.17. The summed E-state index contributed by atoms with van der Waals surface area (Å²) >= 11 is 7.30. The number of carbonyl (C=O) groups excluding carboxylic acids is 14. The first-order chi connectivity index (χ1) is 40.5. The molecule has 7 aliphatic heterocycles. The highest BCUT2D eigenvalue weighted by atomic mass is 32.2. The first-order valence-electron chi connectivity index (χ1n) is 26.9. The summed E-state index contributed by atoms with van der Waals surface area (Å²) in [5.41, 5.74) is 0.983. The number of hydrogen-bond donors (Lipinski definition) is 2. The Morgan fingerprint density at radius 3 is 1.08 bits per heavy atom. The smallest absolute Gasteiger partial charge is 0.323 e. The minimum absolute atomic E-state index is 0.0338. The second-order valence-electron chi connectivity index (χ2n) is 18.1. The molecule has 25 nitrogen and oxygen atoms in total. The Labute approximate surface area is 522 Å². The number of nitrogens with zero attached hydrogens (tertiary/aromatic N) is 7. The third-order valence-corrected chi connectivity index (χ3v) is 17.7. The average Bonchev–Trinajstić information content (AvgIpc) is 4.42. The van der Waals surface area contributed by atoms with Gasteiger partial charge >= 0.3 is 11.9 Å².